The molecular formula is C9H7N5. The average molecular weight is 185 g/mol. The Balaban J connectivity index is 2.45. The van der Waals surface area contributed by atoms with Crippen molar-refractivity contribution in [3.8, 4) is 6.07 Å². The summed E-state index contributed by atoms with van der Waals surface area (Å²) in [5.41, 5.74) is 2.01. The minimum Gasteiger partial charge on any atom is -0.265 e. The van der Waals surface area contributed by atoms with Crippen LogP contribution >= 0.6 is 0 Å². The molecule has 1 aromatic rings. The fourth-order valence-corrected chi connectivity index (χ4v) is 1.15. The smallest absolute Gasteiger partial charge is 0.265 e. The molecule has 0 saturated carbocycles. The molecule has 0 spiro atoms. The van der Waals surface area contributed by atoms with Crippen molar-refractivity contribution in [3.63, 3.8) is 0 Å². The van der Waals surface area contributed by atoms with Crippen LogP contribution in [0, 0.1) is 11.3 Å². The van der Waals surface area contributed by atoms with Crippen molar-refractivity contribution in [2.45, 2.75) is 5.66 Å². The van der Waals surface area contributed by atoms with Crippen LogP contribution in [0.2, 0.25) is 0 Å². The van der Waals surface area contributed by atoms with Crippen LogP contribution in [0.5, 0.6) is 0 Å². The van der Waals surface area contributed by atoms with Crippen molar-refractivity contribution < 1.29 is 0 Å². The number of nitriles is 1. The number of aromatic nitrogens is 1. The number of aliphatic imine (C=N–C) groups is 1. The van der Waals surface area contributed by atoms with Crippen molar-refractivity contribution in [2.24, 2.45) is 10.1 Å². The number of hydrazone groups is 1. The molecule has 2 rings (SSSR count). The molecule has 1 aliphatic heterocycles. The van der Waals surface area contributed by atoms with Crippen LogP contribution < -0.4 is 5.43 Å². The molecule has 0 saturated heterocycles. The SMILES string of the molecule is N#CC1(c2ccccn2)N=CC=NN1. The molecule has 2 heterocycles. The number of hydrogen-bond acceptors (Lipinski definition) is 5. The third-order valence-electron chi connectivity index (χ3n) is 1.83. The van der Waals surface area contributed by atoms with Crippen LogP contribution in [-0.2, 0) is 5.66 Å². The number of rotatable bonds is 1. The first-order valence-electron chi connectivity index (χ1n) is 4.04. The first-order chi connectivity index (χ1) is 6.87. The van der Waals surface area contributed by atoms with Gasteiger partial charge >= 0.3 is 0 Å². The summed E-state index contributed by atoms with van der Waals surface area (Å²) in [6.07, 6.45) is 4.58. The van der Waals surface area contributed by atoms with Crippen molar-refractivity contribution in [1.82, 2.24) is 10.4 Å². The van der Waals surface area contributed by atoms with Gasteiger partial charge in [-0.3, -0.25) is 10.4 Å². The first-order valence-corrected chi connectivity index (χ1v) is 4.04. The molecule has 1 atom stereocenters. The lowest BCUT2D eigenvalue weighted by atomic mass is 10.1. The molecule has 0 fully saturated rings. The Morgan fingerprint density at radius 2 is 2.29 bits per heavy atom. The van der Waals surface area contributed by atoms with Crippen molar-refractivity contribution in [1.29, 1.82) is 5.26 Å². The lowest BCUT2D eigenvalue weighted by Gasteiger charge is -2.22. The molecule has 0 aromatic carbocycles. The summed E-state index contributed by atoms with van der Waals surface area (Å²) in [4.78, 5) is 8.11. The molecule has 1 aliphatic rings. The second kappa shape index (κ2) is 3.26. The normalized spacial score (nSPS) is 23.9. The molecule has 0 aliphatic carbocycles. The number of nitrogens with zero attached hydrogens (tertiary/aromatic N) is 4. The van der Waals surface area contributed by atoms with Crippen LogP contribution in [0.1, 0.15) is 5.69 Å². The summed E-state index contributed by atoms with van der Waals surface area (Å²) in [5.74, 6) is 0. The summed E-state index contributed by atoms with van der Waals surface area (Å²) < 4.78 is 0. The monoisotopic (exact) mass is 185 g/mol. The molecule has 14 heavy (non-hydrogen) atoms. The van der Waals surface area contributed by atoms with Gasteiger partial charge in [0.05, 0.1) is 6.21 Å². The topological polar surface area (TPSA) is 73.4 Å². The van der Waals surface area contributed by atoms with E-state index >= 15 is 0 Å². The van der Waals surface area contributed by atoms with Gasteiger partial charge in [0.1, 0.15) is 11.8 Å². The van der Waals surface area contributed by atoms with Gasteiger partial charge in [0.2, 0.25) is 0 Å². The highest BCUT2D eigenvalue weighted by Gasteiger charge is 2.33. The summed E-state index contributed by atoms with van der Waals surface area (Å²) >= 11 is 0. The highest BCUT2D eigenvalue weighted by Crippen LogP contribution is 2.20. The minimum atomic E-state index is -1.17. The Labute approximate surface area is 80.8 Å². The van der Waals surface area contributed by atoms with Gasteiger partial charge in [0.15, 0.2) is 0 Å². The molecule has 1 N–H and O–H groups in total. The predicted octanol–water partition coefficient (Wildman–Crippen LogP) is 0.418. The van der Waals surface area contributed by atoms with Gasteiger partial charge in [-0.1, -0.05) is 6.07 Å². The van der Waals surface area contributed by atoms with E-state index in [1.165, 1.54) is 12.4 Å². The maximum Gasteiger partial charge on any atom is 0.275 e. The van der Waals surface area contributed by atoms with Gasteiger partial charge in [-0.15, -0.1) is 0 Å². The zero-order valence-electron chi connectivity index (χ0n) is 7.25. The fourth-order valence-electron chi connectivity index (χ4n) is 1.15. The lowest BCUT2D eigenvalue weighted by molar-refractivity contribution is 0.449. The van der Waals surface area contributed by atoms with E-state index in [0.717, 1.165) is 0 Å². The van der Waals surface area contributed by atoms with Crippen LogP contribution in [0.3, 0.4) is 0 Å². The van der Waals surface area contributed by atoms with Gasteiger partial charge in [-0.25, -0.2) is 4.99 Å². The highest BCUT2D eigenvalue weighted by molar-refractivity contribution is 6.16. The Bertz CT molecular complexity index is 417. The summed E-state index contributed by atoms with van der Waals surface area (Å²) in [5, 5.41) is 12.8. The van der Waals surface area contributed by atoms with Crippen molar-refractivity contribution in [3.05, 3.63) is 30.1 Å². The molecule has 1 unspecified atom stereocenters. The zero-order chi connectivity index (χ0) is 9.86. The van der Waals surface area contributed by atoms with E-state index < -0.39 is 5.66 Å². The van der Waals surface area contributed by atoms with Gasteiger partial charge in [0.25, 0.3) is 5.66 Å². The standard InChI is InChI=1S/C9H7N5/c10-7-9(12-5-6-13-14-9)8-3-1-2-4-11-8/h1-6,14H. The van der Waals surface area contributed by atoms with Gasteiger partial charge in [-0.05, 0) is 12.1 Å². The van der Waals surface area contributed by atoms with Crippen molar-refractivity contribution in [2.75, 3.05) is 0 Å². The Hall–Kier alpha value is -2.22. The Kier molecular flexibility index (Phi) is 1.95. The number of nitrogens with one attached hydrogen (secondary N) is 1. The quantitative estimate of drug-likeness (QED) is 0.689. The molecule has 1 aromatic heterocycles. The summed E-state index contributed by atoms with van der Waals surface area (Å²) in [6, 6.07) is 7.36. The average Bonchev–Trinajstić information content (AvgIpc) is 2.31. The Morgan fingerprint density at radius 3 is 2.86 bits per heavy atom. The van der Waals surface area contributed by atoms with E-state index in [1.54, 1.807) is 24.4 Å². The van der Waals surface area contributed by atoms with E-state index in [4.69, 9.17) is 5.26 Å². The third kappa shape index (κ3) is 1.23. The van der Waals surface area contributed by atoms with E-state index in [0.29, 0.717) is 5.69 Å². The third-order valence-corrected chi connectivity index (χ3v) is 1.83. The molecular weight excluding hydrogens is 178 g/mol. The minimum absolute atomic E-state index is 0.538. The molecule has 0 amide bonds. The molecule has 5 heteroatoms. The lowest BCUT2D eigenvalue weighted by Crippen LogP contribution is -2.39. The maximum atomic E-state index is 9.05. The van der Waals surface area contributed by atoms with E-state index in [2.05, 4.69) is 20.5 Å². The van der Waals surface area contributed by atoms with Crippen LogP contribution in [-0.4, -0.2) is 17.4 Å². The predicted molar refractivity (Wildman–Crippen MR) is 51.6 cm³/mol. The maximum absolute atomic E-state index is 9.05. The van der Waals surface area contributed by atoms with Crippen LogP contribution in [0.25, 0.3) is 0 Å². The second-order valence-electron chi connectivity index (χ2n) is 2.71. The number of hydrogen-bond donors (Lipinski definition) is 1. The van der Waals surface area contributed by atoms with Crippen LogP contribution in [0.4, 0.5) is 0 Å². The zero-order valence-corrected chi connectivity index (χ0v) is 7.25. The molecule has 0 bridgehead atoms. The van der Waals surface area contributed by atoms with Gasteiger partial charge in [-0.2, -0.15) is 10.4 Å². The van der Waals surface area contributed by atoms with E-state index in [-0.39, 0.29) is 0 Å². The van der Waals surface area contributed by atoms with E-state index in [1.807, 2.05) is 6.07 Å². The van der Waals surface area contributed by atoms with Crippen LogP contribution in [0.15, 0.2) is 34.5 Å². The first kappa shape index (κ1) is 8.38. The largest absolute Gasteiger partial charge is 0.275 e. The van der Waals surface area contributed by atoms with E-state index in [9.17, 15) is 0 Å². The fraction of sp³-hybridized carbons (Fsp3) is 0.111. The number of pyridine rings is 1. The summed E-state index contributed by atoms with van der Waals surface area (Å²) in [6.45, 7) is 0. The molecule has 68 valence electrons. The second-order valence-corrected chi connectivity index (χ2v) is 2.71. The van der Waals surface area contributed by atoms with Gasteiger partial charge < -0.3 is 0 Å². The Morgan fingerprint density at radius 1 is 1.36 bits per heavy atom. The van der Waals surface area contributed by atoms with Gasteiger partial charge in [0, 0.05) is 12.4 Å². The molecule has 0 radical (unpaired) electrons. The summed E-state index contributed by atoms with van der Waals surface area (Å²) in [7, 11) is 0. The molecule has 5 nitrogen and oxygen atoms in total. The van der Waals surface area contributed by atoms with Crippen molar-refractivity contribution >= 4 is 12.4 Å². The highest BCUT2D eigenvalue weighted by atomic mass is 15.4.